The van der Waals surface area contributed by atoms with Crippen LogP contribution in [0.25, 0.3) is 10.6 Å². The van der Waals surface area contributed by atoms with E-state index in [1.807, 2.05) is 42.6 Å². The number of hydrogen-bond acceptors (Lipinski definition) is 4. The normalized spacial score (nSPS) is 10.8. The van der Waals surface area contributed by atoms with E-state index < -0.39 is 0 Å². The van der Waals surface area contributed by atoms with E-state index in [9.17, 15) is 0 Å². The summed E-state index contributed by atoms with van der Waals surface area (Å²) >= 11 is 1.69. The molecule has 102 valence electrons. The fourth-order valence-electron chi connectivity index (χ4n) is 1.92. The highest BCUT2D eigenvalue weighted by atomic mass is 32.1. The number of hydrogen-bond donors (Lipinski definition) is 2. The summed E-state index contributed by atoms with van der Waals surface area (Å²) in [5.41, 5.74) is 6.28. The van der Waals surface area contributed by atoms with Gasteiger partial charge in [-0.1, -0.05) is 36.4 Å². The molecule has 5 heteroatoms. The van der Waals surface area contributed by atoms with Crippen molar-refractivity contribution in [1.82, 2.24) is 15.7 Å². The van der Waals surface area contributed by atoms with Crippen LogP contribution in [0.2, 0.25) is 0 Å². The molecule has 0 aliphatic rings. The van der Waals surface area contributed by atoms with Crippen LogP contribution in [0.4, 0.5) is 0 Å². The third-order valence-electron chi connectivity index (χ3n) is 2.93. The summed E-state index contributed by atoms with van der Waals surface area (Å²) in [7, 11) is 0. The summed E-state index contributed by atoms with van der Waals surface area (Å²) < 4.78 is 0. The van der Waals surface area contributed by atoms with Crippen LogP contribution in [-0.4, -0.2) is 10.2 Å². The Kier molecular flexibility index (Phi) is 4.22. The van der Waals surface area contributed by atoms with Crippen molar-refractivity contribution in [2.45, 2.75) is 13.2 Å². The Labute approximate surface area is 121 Å². The highest BCUT2D eigenvalue weighted by molar-refractivity contribution is 7.13. The molecule has 0 aliphatic carbocycles. The predicted molar refractivity (Wildman–Crippen MR) is 80.0 cm³/mol. The maximum Gasteiger partial charge on any atom is 0.0933 e. The van der Waals surface area contributed by atoms with Gasteiger partial charge in [-0.25, -0.2) is 0 Å². The van der Waals surface area contributed by atoms with Crippen LogP contribution in [0.15, 0.2) is 54.0 Å². The van der Waals surface area contributed by atoms with Crippen molar-refractivity contribution in [1.29, 1.82) is 0 Å². The Morgan fingerprint density at radius 1 is 1.15 bits per heavy atom. The van der Waals surface area contributed by atoms with Gasteiger partial charge >= 0.3 is 0 Å². The second-order valence-corrected chi connectivity index (χ2v) is 5.29. The van der Waals surface area contributed by atoms with Crippen LogP contribution < -0.4 is 5.48 Å². The molecule has 0 amide bonds. The van der Waals surface area contributed by atoms with E-state index in [2.05, 4.69) is 27.1 Å². The largest absolute Gasteiger partial charge is 0.297 e. The van der Waals surface area contributed by atoms with E-state index in [4.69, 9.17) is 4.84 Å². The van der Waals surface area contributed by atoms with E-state index in [1.165, 1.54) is 4.88 Å². The van der Waals surface area contributed by atoms with Crippen LogP contribution in [0.3, 0.4) is 0 Å². The lowest BCUT2D eigenvalue weighted by Crippen LogP contribution is -2.13. The third-order valence-corrected chi connectivity index (χ3v) is 3.82. The standard InChI is InChI=1S/C15H15N3OS/c1-2-5-12(6-3-1)11-19-17-10-13-9-16-18-15(13)14-7-4-8-20-14/h1-9,17H,10-11H2,(H,16,18). The van der Waals surface area contributed by atoms with Gasteiger partial charge in [-0.05, 0) is 17.0 Å². The zero-order chi connectivity index (χ0) is 13.6. The van der Waals surface area contributed by atoms with Gasteiger partial charge in [-0.15, -0.1) is 11.3 Å². The monoisotopic (exact) mass is 285 g/mol. The summed E-state index contributed by atoms with van der Waals surface area (Å²) in [6.07, 6.45) is 1.83. The lowest BCUT2D eigenvalue weighted by molar-refractivity contribution is 0.0236. The van der Waals surface area contributed by atoms with Gasteiger partial charge in [0, 0.05) is 12.1 Å². The predicted octanol–water partition coefficient (Wildman–Crippen LogP) is 3.36. The molecular weight excluding hydrogens is 270 g/mol. The van der Waals surface area contributed by atoms with Crippen molar-refractivity contribution < 1.29 is 4.84 Å². The number of hydroxylamine groups is 1. The van der Waals surface area contributed by atoms with E-state index in [0.29, 0.717) is 13.2 Å². The minimum Gasteiger partial charge on any atom is -0.297 e. The molecule has 0 aliphatic heterocycles. The number of aromatic amines is 1. The molecule has 0 fully saturated rings. The molecule has 0 bridgehead atoms. The first kappa shape index (κ1) is 13.1. The van der Waals surface area contributed by atoms with Crippen molar-refractivity contribution in [3.63, 3.8) is 0 Å². The number of nitrogens with one attached hydrogen (secondary N) is 2. The highest BCUT2D eigenvalue weighted by Gasteiger charge is 2.08. The molecule has 2 N–H and O–H groups in total. The summed E-state index contributed by atoms with van der Waals surface area (Å²) in [5, 5.41) is 9.19. The molecule has 4 nitrogen and oxygen atoms in total. The van der Waals surface area contributed by atoms with Gasteiger partial charge in [-0.3, -0.25) is 9.94 Å². The van der Waals surface area contributed by atoms with Gasteiger partial charge in [0.25, 0.3) is 0 Å². The van der Waals surface area contributed by atoms with Crippen molar-refractivity contribution in [2.75, 3.05) is 0 Å². The van der Waals surface area contributed by atoms with Gasteiger partial charge in [-0.2, -0.15) is 10.6 Å². The van der Waals surface area contributed by atoms with E-state index in [0.717, 1.165) is 16.8 Å². The zero-order valence-corrected chi connectivity index (χ0v) is 11.7. The smallest absolute Gasteiger partial charge is 0.0933 e. The Hall–Kier alpha value is -1.95. The van der Waals surface area contributed by atoms with Crippen LogP contribution in [0.1, 0.15) is 11.1 Å². The Morgan fingerprint density at radius 3 is 2.85 bits per heavy atom. The highest BCUT2D eigenvalue weighted by Crippen LogP contribution is 2.25. The molecule has 0 saturated carbocycles. The molecule has 3 rings (SSSR count). The zero-order valence-electron chi connectivity index (χ0n) is 10.9. The number of H-pyrrole nitrogens is 1. The van der Waals surface area contributed by atoms with Gasteiger partial charge in [0.15, 0.2) is 0 Å². The average Bonchev–Trinajstić information content (AvgIpc) is 3.15. The van der Waals surface area contributed by atoms with E-state index in [-0.39, 0.29) is 0 Å². The first-order chi connectivity index (χ1) is 9.93. The van der Waals surface area contributed by atoms with Crippen LogP contribution in [0, 0.1) is 0 Å². The van der Waals surface area contributed by atoms with E-state index in [1.54, 1.807) is 11.3 Å². The van der Waals surface area contributed by atoms with Crippen LogP contribution in [0.5, 0.6) is 0 Å². The average molecular weight is 285 g/mol. The molecule has 2 heterocycles. The van der Waals surface area contributed by atoms with Gasteiger partial charge in [0.1, 0.15) is 0 Å². The van der Waals surface area contributed by atoms with Crippen molar-refractivity contribution in [3.8, 4) is 10.6 Å². The molecule has 1 aromatic carbocycles. The van der Waals surface area contributed by atoms with Crippen molar-refractivity contribution >= 4 is 11.3 Å². The third kappa shape index (κ3) is 3.14. The summed E-state index contributed by atoms with van der Waals surface area (Å²) in [5.74, 6) is 0. The van der Waals surface area contributed by atoms with Gasteiger partial charge in [0.05, 0.1) is 23.4 Å². The number of aromatic nitrogens is 2. The molecule has 2 aromatic heterocycles. The number of nitrogens with zero attached hydrogens (tertiary/aromatic N) is 1. The SMILES string of the molecule is c1ccc(CONCc2cn[nH]c2-c2cccs2)cc1. The summed E-state index contributed by atoms with van der Waals surface area (Å²) in [6.45, 7) is 1.17. The minimum absolute atomic E-state index is 0.549. The maximum atomic E-state index is 5.48. The fraction of sp³-hybridized carbons (Fsp3) is 0.133. The number of rotatable bonds is 6. The lowest BCUT2D eigenvalue weighted by Gasteiger charge is -2.06. The van der Waals surface area contributed by atoms with Crippen molar-refractivity contribution in [3.05, 3.63) is 65.2 Å². The Balaban J connectivity index is 1.53. The molecule has 0 spiro atoms. The quantitative estimate of drug-likeness (QED) is 0.539. The van der Waals surface area contributed by atoms with Crippen LogP contribution in [-0.2, 0) is 18.0 Å². The summed E-state index contributed by atoms with van der Waals surface area (Å²) in [6, 6.07) is 14.2. The topological polar surface area (TPSA) is 49.9 Å². The van der Waals surface area contributed by atoms with Crippen molar-refractivity contribution in [2.24, 2.45) is 0 Å². The molecule has 0 saturated heterocycles. The number of thiophene rings is 1. The molecule has 3 aromatic rings. The van der Waals surface area contributed by atoms with Crippen LogP contribution >= 0.6 is 11.3 Å². The molecule has 0 unspecified atom stereocenters. The lowest BCUT2D eigenvalue weighted by atomic mass is 10.2. The first-order valence-electron chi connectivity index (χ1n) is 6.38. The minimum atomic E-state index is 0.549. The summed E-state index contributed by atoms with van der Waals surface area (Å²) in [4.78, 5) is 6.66. The second-order valence-electron chi connectivity index (χ2n) is 4.34. The van der Waals surface area contributed by atoms with E-state index >= 15 is 0 Å². The maximum absolute atomic E-state index is 5.48. The Bertz CT molecular complexity index is 634. The Morgan fingerprint density at radius 2 is 2.05 bits per heavy atom. The van der Waals surface area contributed by atoms with Gasteiger partial charge in [0.2, 0.25) is 0 Å². The molecule has 0 atom stereocenters. The molecule has 0 radical (unpaired) electrons. The molecule has 20 heavy (non-hydrogen) atoms. The molecular formula is C15H15N3OS. The second kappa shape index (κ2) is 6.47. The first-order valence-corrected chi connectivity index (χ1v) is 7.26. The fourth-order valence-corrected chi connectivity index (χ4v) is 2.67. The van der Waals surface area contributed by atoms with Gasteiger partial charge < -0.3 is 0 Å². The number of benzene rings is 1.